The molecule has 0 aliphatic carbocycles. The zero-order chi connectivity index (χ0) is 13.9. The van der Waals surface area contributed by atoms with Crippen LogP contribution in [0.3, 0.4) is 0 Å². The first-order chi connectivity index (χ1) is 9.70. The fourth-order valence-corrected chi connectivity index (χ4v) is 2.86. The average Bonchev–Trinajstić information content (AvgIpc) is 2.88. The quantitative estimate of drug-likeness (QED) is 0.926. The van der Waals surface area contributed by atoms with Gasteiger partial charge in [0.15, 0.2) is 0 Å². The van der Waals surface area contributed by atoms with Crippen molar-refractivity contribution in [2.75, 3.05) is 23.3 Å². The number of nitrogens with one attached hydrogen (secondary N) is 1. The first kappa shape index (κ1) is 13.4. The first-order valence-electron chi connectivity index (χ1n) is 6.91. The summed E-state index contributed by atoms with van der Waals surface area (Å²) in [7, 11) is 0. The highest BCUT2D eigenvalue weighted by Gasteiger charge is 2.22. The predicted octanol–water partition coefficient (Wildman–Crippen LogP) is 3.84. The molecule has 2 heterocycles. The predicted molar refractivity (Wildman–Crippen MR) is 87.4 cm³/mol. The third-order valence-electron chi connectivity index (χ3n) is 3.62. The van der Waals surface area contributed by atoms with Crippen molar-refractivity contribution in [2.45, 2.75) is 19.4 Å². The number of nitrogens with zero attached hydrogens (tertiary/aromatic N) is 2. The molecule has 104 valence electrons. The Morgan fingerprint density at radius 1 is 1.20 bits per heavy atom. The van der Waals surface area contributed by atoms with Gasteiger partial charge in [-0.25, -0.2) is 4.98 Å². The van der Waals surface area contributed by atoms with Crippen LogP contribution in [-0.4, -0.2) is 24.1 Å². The summed E-state index contributed by atoms with van der Waals surface area (Å²) in [6.45, 7) is 4.14. The van der Waals surface area contributed by atoms with Crippen molar-refractivity contribution in [2.24, 2.45) is 0 Å². The highest BCUT2D eigenvalue weighted by molar-refractivity contribution is 9.10. The van der Waals surface area contributed by atoms with E-state index in [1.54, 1.807) is 0 Å². The maximum absolute atomic E-state index is 4.51. The van der Waals surface area contributed by atoms with E-state index in [4.69, 9.17) is 0 Å². The van der Waals surface area contributed by atoms with Crippen molar-refractivity contribution in [1.29, 1.82) is 0 Å². The zero-order valence-corrected chi connectivity index (χ0v) is 13.1. The molecule has 1 aliphatic heterocycles. The highest BCUT2D eigenvalue weighted by atomic mass is 79.9. The minimum absolute atomic E-state index is 0.466. The van der Waals surface area contributed by atoms with Crippen molar-refractivity contribution in [3.8, 4) is 0 Å². The Hall–Kier alpha value is -1.55. The van der Waals surface area contributed by atoms with Crippen molar-refractivity contribution in [1.82, 2.24) is 4.98 Å². The van der Waals surface area contributed by atoms with Gasteiger partial charge in [0.2, 0.25) is 0 Å². The second-order valence-electron chi connectivity index (χ2n) is 5.22. The van der Waals surface area contributed by atoms with E-state index in [-0.39, 0.29) is 0 Å². The molecule has 0 spiro atoms. The van der Waals surface area contributed by atoms with Crippen LogP contribution in [0.4, 0.5) is 11.5 Å². The fraction of sp³-hybridized carbons (Fsp3) is 0.312. The van der Waals surface area contributed by atoms with Gasteiger partial charge in [0.25, 0.3) is 0 Å². The molecular weight excluding hydrogens is 314 g/mol. The highest BCUT2D eigenvalue weighted by Crippen LogP contribution is 2.23. The van der Waals surface area contributed by atoms with Gasteiger partial charge in [-0.05, 0) is 49.7 Å². The van der Waals surface area contributed by atoms with Crippen LogP contribution in [0.2, 0.25) is 0 Å². The minimum Gasteiger partial charge on any atom is -0.369 e. The Labute approximate surface area is 128 Å². The van der Waals surface area contributed by atoms with Crippen LogP contribution < -0.4 is 10.2 Å². The van der Waals surface area contributed by atoms with Gasteiger partial charge in [-0.1, -0.05) is 22.0 Å². The van der Waals surface area contributed by atoms with Crippen LogP contribution in [0.25, 0.3) is 0 Å². The van der Waals surface area contributed by atoms with E-state index in [1.165, 1.54) is 5.69 Å². The van der Waals surface area contributed by atoms with Crippen molar-refractivity contribution < 1.29 is 0 Å². The molecule has 1 atom stereocenters. The first-order valence-corrected chi connectivity index (χ1v) is 7.71. The lowest BCUT2D eigenvalue weighted by molar-refractivity contribution is 0.800. The van der Waals surface area contributed by atoms with Crippen molar-refractivity contribution >= 4 is 27.4 Å². The molecule has 2 aromatic rings. The van der Waals surface area contributed by atoms with Crippen LogP contribution in [0.5, 0.6) is 0 Å². The molecule has 0 saturated carbocycles. The largest absolute Gasteiger partial charge is 0.369 e. The summed E-state index contributed by atoms with van der Waals surface area (Å²) in [5.74, 6) is 0.979. The summed E-state index contributed by atoms with van der Waals surface area (Å²) >= 11 is 3.48. The van der Waals surface area contributed by atoms with E-state index in [9.17, 15) is 0 Å². The van der Waals surface area contributed by atoms with Crippen LogP contribution in [-0.2, 0) is 0 Å². The molecule has 0 amide bonds. The Bertz CT molecular complexity index is 583. The van der Waals surface area contributed by atoms with Gasteiger partial charge < -0.3 is 10.2 Å². The minimum atomic E-state index is 0.466. The zero-order valence-electron chi connectivity index (χ0n) is 11.5. The molecule has 3 nitrogen and oxygen atoms in total. The maximum Gasteiger partial charge on any atom is 0.126 e. The summed E-state index contributed by atoms with van der Waals surface area (Å²) < 4.78 is 1.12. The molecule has 1 aromatic heterocycles. The van der Waals surface area contributed by atoms with E-state index in [1.807, 2.05) is 25.1 Å². The number of halogens is 1. The Morgan fingerprint density at radius 3 is 2.75 bits per heavy atom. The van der Waals surface area contributed by atoms with E-state index in [0.29, 0.717) is 6.04 Å². The summed E-state index contributed by atoms with van der Waals surface area (Å²) in [6.07, 6.45) is 1.14. The molecule has 0 radical (unpaired) electrons. The van der Waals surface area contributed by atoms with Gasteiger partial charge >= 0.3 is 0 Å². The molecule has 1 fully saturated rings. The van der Waals surface area contributed by atoms with E-state index < -0.39 is 0 Å². The summed E-state index contributed by atoms with van der Waals surface area (Å²) in [6, 6.07) is 15.1. The van der Waals surface area contributed by atoms with Crippen LogP contribution >= 0.6 is 15.9 Å². The Balaban J connectivity index is 1.63. The monoisotopic (exact) mass is 331 g/mol. The number of pyridine rings is 1. The van der Waals surface area contributed by atoms with Crippen molar-refractivity contribution in [3.63, 3.8) is 0 Å². The summed E-state index contributed by atoms with van der Waals surface area (Å²) in [4.78, 5) is 6.93. The Kier molecular flexibility index (Phi) is 3.92. The molecule has 3 rings (SSSR count). The standard InChI is InChI=1S/C16H18BrN3/c1-12-3-2-4-16(18-12)19-14-9-10-20(11-14)15-7-5-13(17)6-8-15/h2-8,14H,9-11H2,1H3,(H,18,19). The third kappa shape index (κ3) is 3.12. The molecule has 1 aliphatic rings. The normalized spacial score (nSPS) is 18.3. The summed E-state index contributed by atoms with van der Waals surface area (Å²) in [5, 5.41) is 3.53. The summed E-state index contributed by atoms with van der Waals surface area (Å²) in [5.41, 5.74) is 2.34. The fourth-order valence-electron chi connectivity index (χ4n) is 2.60. The van der Waals surface area contributed by atoms with E-state index >= 15 is 0 Å². The van der Waals surface area contributed by atoms with Crippen LogP contribution in [0.1, 0.15) is 12.1 Å². The van der Waals surface area contributed by atoms with Gasteiger partial charge in [-0.15, -0.1) is 0 Å². The average molecular weight is 332 g/mol. The number of aromatic nitrogens is 1. The number of aryl methyl sites for hydroxylation is 1. The van der Waals surface area contributed by atoms with Gasteiger partial charge in [0.1, 0.15) is 5.82 Å². The molecular formula is C16H18BrN3. The number of anilines is 2. The maximum atomic E-state index is 4.51. The molecule has 1 saturated heterocycles. The molecule has 0 bridgehead atoms. The third-order valence-corrected chi connectivity index (χ3v) is 4.15. The molecule has 1 N–H and O–H groups in total. The molecule has 1 aromatic carbocycles. The van der Waals surface area contributed by atoms with Crippen molar-refractivity contribution in [3.05, 3.63) is 52.6 Å². The molecule has 4 heteroatoms. The van der Waals surface area contributed by atoms with Gasteiger partial charge in [-0.2, -0.15) is 0 Å². The Morgan fingerprint density at radius 2 is 2.00 bits per heavy atom. The van der Waals surface area contributed by atoms with E-state index in [0.717, 1.165) is 35.5 Å². The van der Waals surface area contributed by atoms with Gasteiger partial charge in [-0.3, -0.25) is 0 Å². The number of benzene rings is 1. The van der Waals surface area contributed by atoms with Crippen LogP contribution in [0, 0.1) is 6.92 Å². The number of hydrogen-bond donors (Lipinski definition) is 1. The smallest absolute Gasteiger partial charge is 0.126 e. The molecule has 20 heavy (non-hydrogen) atoms. The topological polar surface area (TPSA) is 28.2 Å². The second-order valence-corrected chi connectivity index (χ2v) is 6.13. The lowest BCUT2D eigenvalue weighted by atomic mass is 10.2. The number of rotatable bonds is 3. The number of hydrogen-bond acceptors (Lipinski definition) is 3. The SMILES string of the molecule is Cc1cccc(NC2CCN(c3ccc(Br)cc3)C2)n1. The molecule has 1 unspecified atom stereocenters. The lowest BCUT2D eigenvalue weighted by Gasteiger charge is -2.19. The van der Waals surface area contributed by atoms with E-state index in [2.05, 4.69) is 55.4 Å². The van der Waals surface area contributed by atoms with Gasteiger partial charge in [0.05, 0.1) is 0 Å². The van der Waals surface area contributed by atoms with Crippen LogP contribution in [0.15, 0.2) is 46.9 Å². The van der Waals surface area contributed by atoms with Gasteiger partial charge in [0, 0.05) is 35.0 Å². The lowest BCUT2D eigenvalue weighted by Crippen LogP contribution is -2.26. The second kappa shape index (κ2) is 5.83.